The Labute approximate surface area is 240 Å². The van der Waals surface area contributed by atoms with Crippen LogP contribution >= 0.6 is 0 Å². The van der Waals surface area contributed by atoms with Crippen LogP contribution in [0.25, 0.3) is 0 Å². The molecule has 0 aromatic rings. The van der Waals surface area contributed by atoms with Crippen molar-refractivity contribution >= 4 is 0 Å². The molecule has 0 aliphatic carbocycles. The first kappa shape index (κ1) is 53.1. The molecule has 0 bridgehead atoms. The summed E-state index contributed by atoms with van der Waals surface area (Å²) in [5.41, 5.74) is 0. The molecule has 0 amide bonds. The molecule has 0 aromatic carbocycles. The van der Waals surface area contributed by atoms with Gasteiger partial charge in [-0.2, -0.15) is 0 Å². The molecule has 4 heteroatoms. The fourth-order valence-electron chi connectivity index (χ4n) is 3.91. The summed E-state index contributed by atoms with van der Waals surface area (Å²) in [4.78, 5) is 4.99. The van der Waals surface area contributed by atoms with Gasteiger partial charge in [0.1, 0.15) is 0 Å². The van der Waals surface area contributed by atoms with E-state index >= 15 is 0 Å². The van der Waals surface area contributed by atoms with Gasteiger partial charge >= 0.3 is 0 Å². The van der Waals surface area contributed by atoms with Crippen LogP contribution in [-0.4, -0.2) is 74.5 Å². The predicted molar refractivity (Wildman–Crippen MR) is 177 cm³/mol. The Hall–Kier alpha value is -0.160. The van der Waals surface area contributed by atoms with Crippen molar-refractivity contribution in [2.24, 2.45) is 11.8 Å². The lowest BCUT2D eigenvalue weighted by Gasteiger charge is -2.29. The molecule has 0 atom stereocenters. The van der Waals surface area contributed by atoms with Crippen LogP contribution in [0.15, 0.2) is 0 Å². The van der Waals surface area contributed by atoms with Crippen molar-refractivity contribution in [3.8, 4) is 0 Å². The number of rotatable bonds is 3. The van der Waals surface area contributed by atoms with Gasteiger partial charge in [0.2, 0.25) is 0 Å². The molecule has 3 saturated heterocycles. The highest BCUT2D eigenvalue weighted by Gasteiger charge is 2.16. The largest absolute Gasteiger partial charge is 0.381 e. The summed E-state index contributed by atoms with van der Waals surface area (Å²) in [6.07, 6.45) is 6.83. The smallest absolute Gasteiger partial charge is 0.0594 e. The van der Waals surface area contributed by atoms with Gasteiger partial charge in [0.15, 0.2) is 0 Å². The molecular formula is C33H82N2O2. The van der Waals surface area contributed by atoms with Crippen molar-refractivity contribution < 1.29 is 9.47 Å². The van der Waals surface area contributed by atoms with Crippen LogP contribution in [0.5, 0.6) is 0 Å². The lowest BCUT2D eigenvalue weighted by Crippen LogP contribution is -2.40. The Morgan fingerprint density at radius 3 is 1.05 bits per heavy atom. The molecule has 3 aliphatic heterocycles. The number of hydrogen-bond donors (Lipinski definition) is 0. The van der Waals surface area contributed by atoms with Crippen molar-refractivity contribution in [1.29, 1.82) is 0 Å². The minimum absolute atomic E-state index is 0. The van der Waals surface area contributed by atoms with Gasteiger partial charge in [-0.05, 0) is 78.3 Å². The highest BCUT2D eigenvalue weighted by molar-refractivity contribution is 4.67. The number of likely N-dealkylation sites (tertiary alicyclic amines) is 1. The number of piperidine rings is 1. The Kier molecular flexibility index (Phi) is 57.9. The molecule has 0 aromatic heterocycles. The van der Waals surface area contributed by atoms with E-state index < -0.39 is 0 Å². The maximum Gasteiger partial charge on any atom is 0.0594 e. The van der Waals surface area contributed by atoms with E-state index in [1.807, 2.05) is 41.5 Å². The van der Waals surface area contributed by atoms with Gasteiger partial charge < -0.3 is 14.4 Å². The van der Waals surface area contributed by atoms with Crippen molar-refractivity contribution in [3.63, 3.8) is 0 Å². The monoisotopic (exact) mass is 539 g/mol. The van der Waals surface area contributed by atoms with E-state index in [-0.39, 0.29) is 29.7 Å². The highest BCUT2D eigenvalue weighted by Crippen LogP contribution is 2.22. The zero-order valence-corrected chi connectivity index (χ0v) is 25.2. The summed E-state index contributed by atoms with van der Waals surface area (Å²) in [6, 6.07) is 1.46. The maximum atomic E-state index is 5.25. The SMILES string of the molecule is C.C.C.C.CC.CC.CC.CC(C)C1CCOCC1.CC(C)N1CCCCC1.CC(C)N1CCOCC1. The molecule has 3 aliphatic rings. The molecular weight excluding hydrogens is 456 g/mol. The molecule has 0 saturated carbocycles. The predicted octanol–water partition coefficient (Wildman–Crippen LogP) is 10.3. The standard InChI is InChI=1S/C8H17N.C8H16O.C7H15NO.3C2H6.4CH4/c1-8(2)9-6-4-3-5-7-9;2*1-7(2)8-3-5-9-6-4-8;3*1-2;;;;/h8H,3-7H2,1-2H3;7-8H,3-6H2,1-2H3;7H,3-6H2,1-2H3;3*1-2H3;4*1H4. The number of hydrogen-bond acceptors (Lipinski definition) is 4. The summed E-state index contributed by atoms with van der Waals surface area (Å²) >= 11 is 0. The molecule has 0 N–H and O–H groups in total. The number of nitrogens with zero attached hydrogens (tertiary/aromatic N) is 2. The topological polar surface area (TPSA) is 24.9 Å². The second-order valence-corrected chi connectivity index (χ2v) is 9.13. The number of morpholine rings is 1. The lowest BCUT2D eigenvalue weighted by molar-refractivity contribution is 0.0238. The van der Waals surface area contributed by atoms with E-state index in [9.17, 15) is 0 Å². The van der Waals surface area contributed by atoms with Crippen molar-refractivity contribution in [3.05, 3.63) is 0 Å². The van der Waals surface area contributed by atoms with Crippen LogP contribution in [0.1, 0.15) is 145 Å². The maximum absolute atomic E-state index is 5.25. The Morgan fingerprint density at radius 2 is 0.811 bits per heavy atom. The third kappa shape index (κ3) is 32.0. The summed E-state index contributed by atoms with van der Waals surface area (Å²) in [5.74, 6) is 1.78. The lowest BCUT2D eigenvalue weighted by atomic mass is 9.89. The normalized spacial score (nSPS) is 17.3. The minimum atomic E-state index is 0. The second kappa shape index (κ2) is 40.3. The van der Waals surface area contributed by atoms with E-state index in [0.717, 1.165) is 57.4 Å². The zero-order chi connectivity index (χ0) is 26.1. The van der Waals surface area contributed by atoms with Crippen LogP contribution in [-0.2, 0) is 9.47 Å². The van der Waals surface area contributed by atoms with Crippen LogP contribution < -0.4 is 0 Å². The Morgan fingerprint density at radius 1 is 0.486 bits per heavy atom. The van der Waals surface area contributed by atoms with E-state index in [2.05, 4.69) is 51.3 Å². The highest BCUT2D eigenvalue weighted by atomic mass is 16.5. The van der Waals surface area contributed by atoms with Crippen LogP contribution in [0, 0.1) is 11.8 Å². The third-order valence-electron chi connectivity index (χ3n) is 6.11. The van der Waals surface area contributed by atoms with E-state index in [1.54, 1.807) is 0 Å². The van der Waals surface area contributed by atoms with E-state index in [1.165, 1.54) is 45.2 Å². The first-order chi connectivity index (χ1) is 15.9. The van der Waals surface area contributed by atoms with Gasteiger partial charge in [0.05, 0.1) is 13.2 Å². The molecule has 0 unspecified atom stereocenters. The molecule has 236 valence electrons. The average Bonchev–Trinajstić information content (AvgIpc) is 2.90. The Balaban J connectivity index is -0.0000000630. The Bertz CT molecular complexity index is 279. The molecule has 4 nitrogen and oxygen atoms in total. The van der Waals surface area contributed by atoms with Gasteiger partial charge in [0, 0.05) is 38.4 Å². The first-order valence-electron chi connectivity index (χ1n) is 14.5. The fourth-order valence-corrected chi connectivity index (χ4v) is 3.91. The quantitative estimate of drug-likeness (QED) is 0.357. The summed E-state index contributed by atoms with van der Waals surface area (Å²) in [7, 11) is 0. The van der Waals surface area contributed by atoms with Crippen LogP contribution in [0.4, 0.5) is 0 Å². The molecule has 37 heavy (non-hydrogen) atoms. The average molecular weight is 539 g/mol. The van der Waals surface area contributed by atoms with E-state index in [0.29, 0.717) is 6.04 Å². The minimum Gasteiger partial charge on any atom is -0.381 e. The summed E-state index contributed by atoms with van der Waals surface area (Å²) in [6.45, 7) is 34.3. The zero-order valence-electron chi connectivity index (χ0n) is 25.2. The molecule has 3 rings (SSSR count). The van der Waals surface area contributed by atoms with Crippen LogP contribution in [0.3, 0.4) is 0 Å². The van der Waals surface area contributed by atoms with Gasteiger partial charge in [-0.3, -0.25) is 4.90 Å². The second-order valence-electron chi connectivity index (χ2n) is 9.13. The summed E-state index contributed by atoms with van der Waals surface area (Å²) in [5, 5.41) is 0. The van der Waals surface area contributed by atoms with Crippen LogP contribution in [0.2, 0.25) is 0 Å². The first-order valence-corrected chi connectivity index (χ1v) is 14.5. The van der Waals surface area contributed by atoms with Gasteiger partial charge in [0.25, 0.3) is 0 Å². The van der Waals surface area contributed by atoms with Gasteiger partial charge in [-0.1, -0.05) is 91.5 Å². The summed E-state index contributed by atoms with van der Waals surface area (Å²) < 4.78 is 10.5. The van der Waals surface area contributed by atoms with Crippen molar-refractivity contribution in [2.75, 3.05) is 52.6 Å². The third-order valence-corrected chi connectivity index (χ3v) is 6.11. The number of ether oxygens (including phenoxy) is 2. The van der Waals surface area contributed by atoms with E-state index in [4.69, 9.17) is 9.47 Å². The van der Waals surface area contributed by atoms with Gasteiger partial charge in [-0.15, -0.1) is 0 Å². The fraction of sp³-hybridized carbons (Fsp3) is 1.00. The molecule has 0 radical (unpaired) electrons. The van der Waals surface area contributed by atoms with Gasteiger partial charge in [-0.25, -0.2) is 0 Å². The van der Waals surface area contributed by atoms with Crippen molar-refractivity contribution in [2.45, 2.75) is 157 Å². The van der Waals surface area contributed by atoms with Crippen molar-refractivity contribution in [1.82, 2.24) is 9.80 Å². The molecule has 3 fully saturated rings. The molecule has 3 heterocycles. The molecule has 0 spiro atoms.